The molecule has 0 spiro atoms. The summed E-state index contributed by atoms with van der Waals surface area (Å²) < 4.78 is 0.999. The molecule has 0 N–H and O–H groups in total. The summed E-state index contributed by atoms with van der Waals surface area (Å²) in [7, 11) is 0. The molecule has 1 rings (SSSR count). The number of nitrogens with zero attached hydrogens (tertiary/aromatic N) is 2. The van der Waals surface area contributed by atoms with E-state index >= 15 is 0 Å². The van der Waals surface area contributed by atoms with Gasteiger partial charge < -0.3 is 4.90 Å². The second-order valence-corrected chi connectivity index (χ2v) is 7.16. The Hall–Kier alpha value is 0.0300. The number of carbonyl (C=O) groups is 1. The molecule has 0 saturated heterocycles. The Morgan fingerprint density at radius 2 is 1.82 bits per heavy atom. The van der Waals surface area contributed by atoms with Crippen molar-refractivity contribution in [1.29, 1.82) is 0 Å². The summed E-state index contributed by atoms with van der Waals surface area (Å²) >= 11 is 13.8. The molecule has 0 aliphatic carbocycles. The Morgan fingerprint density at radius 1 is 1.29 bits per heavy atom. The van der Waals surface area contributed by atoms with Crippen molar-refractivity contribution in [2.24, 2.45) is 0 Å². The molecule has 0 bridgehead atoms. The summed E-state index contributed by atoms with van der Waals surface area (Å²) in [4.78, 5) is 17.9. The van der Waals surface area contributed by atoms with Gasteiger partial charge in [0.15, 0.2) is 9.49 Å². The van der Waals surface area contributed by atoms with Crippen LogP contribution in [0.1, 0.15) is 27.7 Å². The van der Waals surface area contributed by atoms with Crippen molar-refractivity contribution in [1.82, 2.24) is 9.88 Å². The largest absolute Gasteiger partial charge is 0.328 e. The van der Waals surface area contributed by atoms with Gasteiger partial charge in [0.1, 0.15) is 4.34 Å². The Labute approximate surface area is 119 Å². The normalized spacial score (nSPS) is 11.3. The zero-order valence-electron chi connectivity index (χ0n) is 10.0. The third kappa shape index (κ3) is 4.02. The molecule has 0 saturated carbocycles. The van der Waals surface area contributed by atoms with Crippen molar-refractivity contribution in [3.05, 3.63) is 9.49 Å². The van der Waals surface area contributed by atoms with Crippen LogP contribution in [0.3, 0.4) is 0 Å². The molecule has 1 heterocycles. The van der Waals surface area contributed by atoms with E-state index in [1.165, 1.54) is 11.3 Å². The van der Waals surface area contributed by atoms with Gasteiger partial charge in [0.25, 0.3) is 5.24 Å². The van der Waals surface area contributed by atoms with Gasteiger partial charge in [0.05, 0.1) is 0 Å². The average molecular weight is 313 g/mol. The zero-order chi connectivity index (χ0) is 13.2. The van der Waals surface area contributed by atoms with Crippen LogP contribution in [0.2, 0.25) is 9.49 Å². The third-order valence-electron chi connectivity index (χ3n) is 2.03. The van der Waals surface area contributed by atoms with E-state index in [-0.39, 0.29) is 22.5 Å². The molecule has 1 amide bonds. The number of carbonyl (C=O) groups excluding carboxylic acids is 1. The molecule has 96 valence electrons. The van der Waals surface area contributed by atoms with Gasteiger partial charge in [-0.2, -0.15) is 0 Å². The van der Waals surface area contributed by atoms with Crippen molar-refractivity contribution >= 4 is 51.5 Å². The number of amides is 1. The molecule has 1 aromatic heterocycles. The van der Waals surface area contributed by atoms with Crippen LogP contribution in [0.5, 0.6) is 0 Å². The first-order valence-electron chi connectivity index (χ1n) is 5.15. The maximum absolute atomic E-state index is 12.1. The van der Waals surface area contributed by atoms with Crippen LogP contribution in [0.4, 0.5) is 4.79 Å². The van der Waals surface area contributed by atoms with Gasteiger partial charge in [-0.05, 0) is 27.7 Å². The highest BCUT2D eigenvalue weighted by Crippen LogP contribution is 2.35. The Balaban J connectivity index is 2.77. The minimum absolute atomic E-state index is 0.0305. The third-order valence-corrected chi connectivity index (χ3v) is 4.71. The number of thiazole rings is 1. The number of thioether (sulfide) groups is 1. The fraction of sp³-hybridized carbons (Fsp3) is 0.600. The molecule has 17 heavy (non-hydrogen) atoms. The lowest BCUT2D eigenvalue weighted by atomic mass is 10.2. The maximum atomic E-state index is 12.1. The number of rotatable bonds is 3. The van der Waals surface area contributed by atoms with Crippen LogP contribution < -0.4 is 0 Å². The number of hydrogen-bond donors (Lipinski definition) is 0. The molecule has 7 heteroatoms. The number of aromatic nitrogens is 1. The molecule has 0 unspecified atom stereocenters. The summed E-state index contributed by atoms with van der Waals surface area (Å²) in [5, 5.41) is 0.227. The lowest BCUT2D eigenvalue weighted by Crippen LogP contribution is -2.39. The van der Waals surface area contributed by atoms with E-state index in [2.05, 4.69) is 4.98 Å². The molecular formula is C10H14Cl2N2OS2. The number of halogens is 2. The van der Waals surface area contributed by atoms with Crippen molar-refractivity contribution < 1.29 is 4.79 Å². The first-order valence-corrected chi connectivity index (χ1v) is 7.53. The molecule has 0 radical (unpaired) electrons. The van der Waals surface area contributed by atoms with Crippen LogP contribution in [-0.2, 0) is 0 Å². The molecule has 0 fully saturated rings. The van der Waals surface area contributed by atoms with Crippen LogP contribution in [0.15, 0.2) is 4.34 Å². The fourth-order valence-corrected chi connectivity index (χ4v) is 4.02. The minimum atomic E-state index is -0.0305. The lowest BCUT2D eigenvalue weighted by molar-refractivity contribution is 0.190. The number of hydrogen-bond acceptors (Lipinski definition) is 4. The van der Waals surface area contributed by atoms with Gasteiger partial charge >= 0.3 is 0 Å². The van der Waals surface area contributed by atoms with E-state index < -0.39 is 0 Å². The van der Waals surface area contributed by atoms with Crippen molar-refractivity contribution in [3.8, 4) is 0 Å². The SMILES string of the molecule is CC(C)N(C(=O)Sc1nc(Cl)c(Cl)s1)C(C)C. The molecule has 3 nitrogen and oxygen atoms in total. The van der Waals surface area contributed by atoms with Gasteiger partial charge in [0, 0.05) is 23.8 Å². The van der Waals surface area contributed by atoms with Gasteiger partial charge in [-0.15, -0.1) is 0 Å². The molecule has 0 aromatic carbocycles. The lowest BCUT2D eigenvalue weighted by Gasteiger charge is -2.29. The van der Waals surface area contributed by atoms with Gasteiger partial charge in [-0.3, -0.25) is 4.79 Å². The Morgan fingerprint density at radius 3 is 2.18 bits per heavy atom. The quantitative estimate of drug-likeness (QED) is 0.753. The van der Waals surface area contributed by atoms with Crippen molar-refractivity contribution in [2.75, 3.05) is 0 Å². The van der Waals surface area contributed by atoms with Crippen LogP contribution in [0, 0.1) is 0 Å². The maximum Gasteiger partial charge on any atom is 0.289 e. The van der Waals surface area contributed by atoms with Gasteiger partial charge in [-0.25, -0.2) is 4.98 Å². The Kier molecular flexibility index (Phi) is 5.57. The Bertz CT molecular complexity index is 380. The highest BCUT2D eigenvalue weighted by molar-refractivity contribution is 8.14. The average Bonchev–Trinajstić information content (AvgIpc) is 2.43. The predicted octanol–water partition coefficient (Wildman–Crippen LogP) is 4.78. The highest BCUT2D eigenvalue weighted by atomic mass is 35.5. The van der Waals surface area contributed by atoms with Crippen molar-refractivity contribution in [3.63, 3.8) is 0 Å². The second-order valence-electron chi connectivity index (χ2n) is 4.01. The van der Waals surface area contributed by atoms with E-state index in [1.54, 1.807) is 4.90 Å². The van der Waals surface area contributed by atoms with Gasteiger partial charge in [-0.1, -0.05) is 34.5 Å². The molecule has 0 atom stereocenters. The summed E-state index contributed by atoms with van der Waals surface area (Å²) in [5.74, 6) is 0. The first kappa shape index (κ1) is 15.1. The summed E-state index contributed by atoms with van der Waals surface area (Å²) in [5.41, 5.74) is 0. The minimum Gasteiger partial charge on any atom is -0.328 e. The van der Waals surface area contributed by atoms with E-state index in [9.17, 15) is 4.79 Å². The van der Waals surface area contributed by atoms with Gasteiger partial charge in [0.2, 0.25) is 0 Å². The summed E-state index contributed by atoms with van der Waals surface area (Å²) in [6.45, 7) is 7.95. The summed E-state index contributed by atoms with van der Waals surface area (Å²) in [6.07, 6.45) is 0. The second kappa shape index (κ2) is 6.27. The topological polar surface area (TPSA) is 33.2 Å². The van der Waals surface area contributed by atoms with E-state index in [1.807, 2.05) is 27.7 Å². The predicted molar refractivity (Wildman–Crippen MR) is 75.5 cm³/mol. The van der Waals surface area contributed by atoms with E-state index in [0.717, 1.165) is 11.8 Å². The molecule has 0 aliphatic heterocycles. The van der Waals surface area contributed by atoms with Crippen LogP contribution in [0.25, 0.3) is 0 Å². The standard InChI is InChI=1S/C10H14Cl2N2OS2/c1-5(2)14(6(3)4)10(15)17-9-13-7(11)8(12)16-9/h5-6H,1-4H3. The van der Waals surface area contributed by atoms with E-state index in [0.29, 0.717) is 8.68 Å². The summed E-state index contributed by atoms with van der Waals surface area (Å²) in [6, 6.07) is 0.307. The highest BCUT2D eigenvalue weighted by Gasteiger charge is 2.22. The smallest absolute Gasteiger partial charge is 0.289 e. The van der Waals surface area contributed by atoms with E-state index in [4.69, 9.17) is 23.2 Å². The van der Waals surface area contributed by atoms with Crippen LogP contribution >= 0.6 is 46.3 Å². The molecule has 0 aliphatic rings. The molecule has 1 aromatic rings. The monoisotopic (exact) mass is 312 g/mol. The first-order chi connectivity index (χ1) is 7.82. The fourth-order valence-electron chi connectivity index (χ4n) is 1.45. The van der Waals surface area contributed by atoms with Crippen molar-refractivity contribution in [2.45, 2.75) is 44.1 Å². The zero-order valence-corrected chi connectivity index (χ0v) is 13.2. The van der Waals surface area contributed by atoms with Crippen LogP contribution in [-0.4, -0.2) is 27.2 Å². The molecular weight excluding hydrogens is 299 g/mol.